The minimum Gasteiger partial charge on any atom is -0.383 e. The molecular formula is C13H14BrN3. The van der Waals surface area contributed by atoms with Gasteiger partial charge >= 0.3 is 0 Å². The number of aromatic nitrogens is 2. The summed E-state index contributed by atoms with van der Waals surface area (Å²) in [6.07, 6.45) is 4.95. The molecule has 0 amide bonds. The second kappa shape index (κ2) is 4.26. The van der Waals surface area contributed by atoms with Gasteiger partial charge in [0.2, 0.25) is 0 Å². The zero-order valence-corrected chi connectivity index (χ0v) is 11.1. The van der Waals surface area contributed by atoms with E-state index in [9.17, 15) is 0 Å². The number of hydrogen-bond donors (Lipinski definition) is 1. The Morgan fingerprint density at radius 1 is 1.18 bits per heavy atom. The predicted octanol–water partition coefficient (Wildman–Crippen LogP) is 3.63. The molecule has 4 heteroatoms. The molecule has 1 heterocycles. The Morgan fingerprint density at radius 2 is 1.94 bits per heavy atom. The van der Waals surface area contributed by atoms with Crippen LogP contribution in [0.4, 0.5) is 5.82 Å². The first-order chi connectivity index (χ1) is 8.24. The fourth-order valence-corrected chi connectivity index (χ4v) is 2.86. The molecule has 0 atom stereocenters. The van der Waals surface area contributed by atoms with Crippen molar-refractivity contribution in [1.29, 1.82) is 0 Å². The fourth-order valence-electron chi connectivity index (χ4n) is 2.51. The number of benzene rings is 1. The molecule has 17 heavy (non-hydrogen) atoms. The largest absolute Gasteiger partial charge is 0.383 e. The Kier molecular flexibility index (Phi) is 2.74. The molecule has 1 fully saturated rings. The van der Waals surface area contributed by atoms with Crippen LogP contribution < -0.4 is 5.73 Å². The number of hydrogen-bond acceptors (Lipinski definition) is 3. The maximum absolute atomic E-state index is 6.01. The summed E-state index contributed by atoms with van der Waals surface area (Å²) in [5, 5.41) is 0.940. The third kappa shape index (κ3) is 2.02. The molecule has 0 saturated heterocycles. The summed E-state index contributed by atoms with van der Waals surface area (Å²) in [5.74, 6) is 2.02. The molecule has 3 nitrogen and oxygen atoms in total. The summed E-state index contributed by atoms with van der Waals surface area (Å²) >= 11 is 3.46. The summed E-state index contributed by atoms with van der Waals surface area (Å²) in [6.45, 7) is 0. The van der Waals surface area contributed by atoms with Crippen molar-refractivity contribution >= 4 is 32.7 Å². The summed E-state index contributed by atoms with van der Waals surface area (Å²) in [5.41, 5.74) is 6.95. The number of nitrogens with two attached hydrogens (primary N) is 1. The second-order valence-corrected chi connectivity index (χ2v) is 5.53. The van der Waals surface area contributed by atoms with Gasteiger partial charge in [0.05, 0.1) is 5.52 Å². The number of fused-ring (bicyclic) bond motifs is 1. The third-order valence-corrected chi connectivity index (χ3v) is 3.92. The molecule has 0 radical (unpaired) electrons. The Balaban J connectivity index is 2.14. The van der Waals surface area contributed by atoms with Gasteiger partial charge in [-0.1, -0.05) is 28.8 Å². The first-order valence-electron chi connectivity index (χ1n) is 5.97. The van der Waals surface area contributed by atoms with Crippen LogP contribution in [-0.4, -0.2) is 9.97 Å². The van der Waals surface area contributed by atoms with Gasteiger partial charge in [0.1, 0.15) is 11.6 Å². The van der Waals surface area contributed by atoms with E-state index in [-0.39, 0.29) is 0 Å². The predicted molar refractivity (Wildman–Crippen MR) is 72.9 cm³/mol. The monoisotopic (exact) mass is 291 g/mol. The minimum atomic E-state index is 0.501. The van der Waals surface area contributed by atoms with Gasteiger partial charge in [-0.05, 0) is 31.0 Å². The molecule has 3 rings (SSSR count). The summed E-state index contributed by atoms with van der Waals surface area (Å²) in [4.78, 5) is 9.12. The Hall–Kier alpha value is -1.16. The highest BCUT2D eigenvalue weighted by molar-refractivity contribution is 9.10. The Labute approximate surface area is 109 Å². The molecule has 2 aromatic rings. The minimum absolute atomic E-state index is 0.501. The van der Waals surface area contributed by atoms with E-state index in [4.69, 9.17) is 5.73 Å². The van der Waals surface area contributed by atoms with E-state index >= 15 is 0 Å². The molecule has 1 aliphatic carbocycles. The van der Waals surface area contributed by atoms with Gasteiger partial charge in [-0.2, -0.15) is 0 Å². The van der Waals surface area contributed by atoms with Gasteiger partial charge in [0, 0.05) is 15.8 Å². The van der Waals surface area contributed by atoms with Crippen LogP contribution in [0.2, 0.25) is 0 Å². The first-order valence-corrected chi connectivity index (χ1v) is 6.76. The van der Waals surface area contributed by atoms with Crippen molar-refractivity contribution in [3.8, 4) is 0 Å². The van der Waals surface area contributed by atoms with Gasteiger partial charge in [-0.25, -0.2) is 9.97 Å². The highest BCUT2D eigenvalue weighted by Gasteiger charge is 2.20. The molecule has 2 N–H and O–H groups in total. The van der Waals surface area contributed by atoms with E-state index in [2.05, 4.69) is 25.9 Å². The van der Waals surface area contributed by atoms with Crippen molar-refractivity contribution in [2.45, 2.75) is 31.6 Å². The molecular weight excluding hydrogens is 278 g/mol. The van der Waals surface area contributed by atoms with E-state index in [1.165, 1.54) is 25.7 Å². The quantitative estimate of drug-likeness (QED) is 0.873. The van der Waals surface area contributed by atoms with Crippen molar-refractivity contribution < 1.29 is 0 Å². The summed E-state index contributed by atoms with van der Waals surface area (Å²) in [7, 11) is 0. The first kappa shape index (κ1) is 11.0. The van der Waals surface area contributed by atoms with Gasteiger partial charge in [-0.3, -0.25) is 0 Å². The molecule has 1 aliphatic rings. The summed E-state index contributed by atoms with van der Waals surface area (Å²) < 4.78 is 1.03. The average molecular weight is 292 g/mol. The van der Waals surface area contributed by atoms with E-state index in [0.29, 0.717) is 11.7 Å². The van der Waals surface area contributed by atoms with Crippen LogP contribution in [0.5, 0.6) is 0 Å². The van der Waals surface area contributed by atoms with Crippen LogP contribution in [0.15, 0.2) is 22.7 Å². The molecule has 1 saturated carbocycles. The van der Waals surface area contributed by atoms with Crippen molar-refractivity contribution in [3.63, 3.8) is 0 Å². The number of nitrogens with zero attached hydrogens (tertiary/aromatic N) is 2. The lowest BCUT2D eigenvalue weighted by atomic mass is 10.1. The zero-order chi connectivity index (χ0) is 11.8. The second-order valence-electron chi connectivity index (χ2n) is 4.61. The van der Waals surface area contributed by atoms with Crippen LogP contribution in [0, 0.1) is 0 Å². The van der Waals surface area contributed by atoms with Crippen LogP contribution in [0.25, 0.3) is 10.9 Å². The normalized spacial score (nSPS) is 16.8. The smallest absolute Gasteiger partial charge is 0.135 e. The lowest BCUT2D eigenvalue weighted by Gasteiger charge is -2.10. The van der Waals surface area contributed by atoms with Crippen LogP contribution in [-0.2, 0) is 0 Å². The number of halogens is 1. The van der Waals surface area contributed by atoms with Gasteiger partial charge in [-0.15, -0.1) is 0 Å². The summed E-state index contributed by atoms with van der Waals surface area (Å²) in [6, 6.07) is 5.94. The van der Waals surface area contributed by atoms with Gasteiger partial charge in [0.25, 0.3) is 0 Å². The Bertz CT molecular complexity index is 562. The highest BCUT2D eigenvalue weighted by atomic mass is 79.9. The maximum Gasteiger partial charge on any atom is 0.135 e. The van der Waals surface area contributed by atoms with E-state index in [1.54, 1.807) is 0 Å². The number of anilines is 1. The van der Waals surface area contributed by atoms with Crippen LogP contribution in [0.3, 0.4) is 0 Å². The standard InChI is InChI=1S/C13H14BrN3/c14-9-5-6-10-11(7-9)16-13(17-12(10)15)8-3-1-2-4-8/h5-8H,1-4H2,(H2,15,16,17). The van der Waals surface area contributed by atoms with E-state index < -0.39 is 0 Å². The number of nitrogen functional groups attached to an aromatic ring is 1. The maximum atomic E-state index is 6.01. The fraction of sp³-hybridized carbons (Fsp3) is 0.385. The van der Waals surface area contributed by atoms with Crippen LogP contribution in [0.1, 0.15) is 37.4 Å². The lowest BCUT2D eigenvalue weighted by Crippen LogP contribution is -2.04. The Morgan fingerprint density at radius 3 is 2.71 bits per heavy atom. The zero-order valence-electron chi connectivity index (χ0n) is 9.49. The molecule has 0 spiro atoms. The highest BCUT2D eigenvalue weighted by Crippen LogP contribution is 2.33. The van der Waals surface area contributed by atoms with Crippen LogP contribution >= 0.6 is 15.9 Å². The van der Waals surface area contributed by atoms with E-state index in [0.717, 1.165) is 21.2 Å². The van der Waals surface area contributed by atoms with Crippen molar-refractivity contribution in [3.05, 3.63) is 28.5 Å². The van der Waals surface area contributed by atoms with Gasteiger partial charge < -0.3 is 5.73 Å². The van der Waals surface area contributed by atoms with Gasteiger partial charge in [0.15, 0.2) is 0 Å². The molecule has 0 aliphatic heterocycles. The SMILES string of the molecule is Nc1nc(C2CCCC2)nc2cc(Br)ccc12. The average Bonchev–Trinajstić information content (AvgIpc) is 2.81. The molecule has 1 aromatic heterocycles. The molecule has 0 unspecified atom stereocenters. The third-order valence-electron chi connectivity index (χ3n) is 3.43. The molecule has 1 aromatic carbocycles. The number of rotatable bonds is 1. The lowest BCUT2D eigenvalue weighted by molar-refractivity contribution is 0.674. The van der Waals surface area contributed by atoms with Crippen molar-refractivity contribution in [1.82, 2.24) is 9.97 Å². The molecule has 0 bridgehead atoms. The van der Waals surface area contributed by atoms with E-state index in [1.807, 2.05) is 18.2 Å². The molecule has 88 valence electrons. The van der Waals surface area contributed by atoms with Crippen molar-refractivity contribution in [2.75, 3.05) is 5.73 Å². The topological polar surface area (TPSA) is 51.8 Å². The van der Waals surface area contributed by atoms with Crippen molar-refractivity contribution in [2.24, 2.45) is 0 Å².